The lowest BCUT2D eigenvalue weighted by Gasteiger charge is -2.02. The molecule has 16 heavy (non-hydrogen) atoms. The van der Waals surface area contributed by atoms with Gasteiger partial charge in [0, 0.05) is 11.1 Å². The summed E-state index contributed by atoms with van der Waals surface area (Å²) in [5, 5.41) is 1.27. The van der Waals surface area contributed by atoms with Crippen LogP contribution in [0.4, 0.5) is 0 Å². The maximum absolute atomic E-state index is 11.3. The summed E-state index contributed by atoms with van der Waals surface area (Å²) >= 11 is 8.94. The average Bonchev–Trinajstić information content (AvgIpc) is 2.24. The van der Waals surface area contributed by atoms with Gasteiger partial charge in [0.15, 0.2) is 0 Å². The summed E-state index contributed by atoms with van der Waals surface area (Å²) in [6.07, 6.45) is 0. The minimum atomic E-state index is -0.167. The molecule has 1 N–H and O–H groups in total. The van der Waals surface area contributed by atoms with Gasteiger partial charge < -0.3 is 4.98 Å². The molecule has 2 aromatic rings. The van der Waals surface area contributed by atoms with E-state index < -0.39 is 0 Å². The second-order valence-corrected chi connectivity index (χ2v) is 4.18. The zero-order chi connectivity index (χ0) is 12.3. The summed E-state index contributed by atoms with van der Waals surface area (Å²) in [5.41, 5.74) is 1.33. The molecule has 0 fully saturated rings. The lowest BCUT2D eigenvalue weighted by atomic mass is 10.2. The molecule has 5 heteroatoms. The van der Waals surface area contributed by atoms with E-state index in [-0.39, 0.29) is 5.56 Å². The van der Waals surface area contributed by atoms with Crippen LogP contribution in [0, 0.1) is 6.92 Å². The summed E-state index contributed by atoms with van der Waals surface area (Å²) in [6.45, 7) is 5.85. The maximum atomic E-state index is 11.3. The Morgan fingerprint density at radius 1 is 1.38 bits per heavy atom. The van der Waals surface area contributed by atoms with E-state index in [2.05, 4.69) is 25.9 Å². The first-order valence-electron chi connectivity index (χ1n) is 4.93. The summed E-state index contributed by atoms with van der Waals surface area (Å²) in [6, 6.07) is 3.38. The molecular weight excluding hydrogens is 291 g/mol. The van der Waals surface area contributed by atoms with Crippen molar-refractivity contribution in [2.24, 2.45) is 0 Å². The van der Waals surface area contributed by atoms with Gasteiger partial charge in [-0.05, 0) is 35.0 Å². The van der Waals surface area contributed by atoms with Crippen molar-refractivity contribution in [2.45, 2.75) is 20.8 Å². The van der Waals surface area contributed by atoms with Gasteiger partial charge in [0.1, 0.15) is 5.15 Å². The Morgan fingerprint density at radius 2 is 2.00 bits per heavy atom. The van der Waals surface area contributed by atoms with Crippen molar-refractivity contribution in [3.8, 4) is 0 Å². The summed E-state index contributed by atoms with van der Waals surface area (Å²) in [7, 11) is 0. The van der Waals surface area contributed by atoms with Gasteiger partial charge in [-0.15, -0.1) is 0 Å². The number of aromatic nitrogens is 2. The number of H-pyrrole nitrogens is 1. The van der Waals surface area contributed by atoms with Crippen LogP contribution in [0.5, 0.6) is 0 Å². The minimum Gasteiger partial charge on any atom is -0.321 e. The van der Waals surface area contributed by atoms with Crippen LogP contribution in [0.25, 0.3) is 10.9 Å². The van der Waals surface area contributed by atoms with Crippen molar-refractivity contribution < 1.29 is 0 Å². The quantitative estimate of drug-likeness (QED) is 0.755. The highest BCUT2D eigenvalue weighted by Crippen LogP contribution is 2.19. The fraction of sp³-hybridized carbons (Fsp3) is 0.273. The molecule has 0 spiro atoms. The fourth-order valence-electron chi connectivity index (χ4n) is 1.30. The van der Waals surface area contributed by atoms with Crippen LogP contribution in [0.1, 0.15) is 19.5 Å². The molecule has 2 aromatic heterocycles. The predicted octanol–water partition coefficient (Wildman–Crippen LogP) is 3.67. The molecule has 0 amide bonds. The highest BCUT2D eigenvalue weighted by molar-refractivity contribution is 9.10. The van der Waals surface area contributed by atoms with E-state index in [4.69, 9.17) is 11.6 Å². The molecule has 0 aliphatic carbocycles. The van der Waals surface area contributed by atoms with Gasteiger partial charge >= 0.3 is 0 Å². The van der Waals surface area contributed by atoms with Crippen LogP contribution in [0.2, 0.25) is 5.15 Å². The summed E-state index contributed by atoms with van der Waals surface area (Å²) in [5.74, 6) is 0. The van der Waals surface area contributed by atoms with E-state index in [9.17, 15) is 4.79 Å². The Kier molecular flexibility index (Phi) is 4.50. The first kappa shape index (κ1) is 13.2. The molecule has 0 atom stereocenters. The lowest BCUT2D eigenvalue weighted by Crippen LogP contribution is -2.06. The molecule has 0 aliphatic heterocycles. The van der Waals surface area contributed by atoms with Gasteiger partial charge in [0.05, 0.1) is 9.99 Å². The maximum Gasteiger partial charge on any atom is 0.262 e. The van der Waals surface area contributed by atoms with Crippen LogP contribution < -0.4 is 5.56 Å². The van der Waals surface area contributed by atoms with Crippen LogP contribution in [-0.2, 0) is 0 Å². The third kappa shape index (κ3) is 2.62. The smallest absolute Gasteiger partial charge is 0.262 e. The number of hydrogen-bond acceptors (Lipinski definition) is 2. The van der Waals surface area contributed by atoms with E-state index in [0.717, 1.165) is 11.1 Å². The summed E-state index contributed by atoms with van der Waals surface area (Å²) < 4.78 is 0.497. The number of aryl methyl sites for hydroxylation is 1. The number of aromatic amines is 1. The predicted molar refractivity (Wildman–Crippen MR) is 71.2 cm³/mol. The first-order chi connectivity index (χ1) is 7.58. The number of pyridine rings is 2. The van der Waals surface area contributed by atoms with Crippen molar-refractivity contribution in [2.75, 3.05) is 0 Å². The van der Waals surface area contributed by atoms with Crippen molar-refractivity contribution in [3.63, 3.8) is 0 Å². The second-order valence-electron chi connectivity index (χ2n) is 2.94. The lowest BCUT2D eigenvalue weighted by molar-refractivity contribution is 1.20. The van der Waals surface area contributed by atoms with Gasteiger partial charge in [-0.1, -0.05) is 25.4 Å². The van der Waals surface area contributed by atoms with Crippen molar-refractivity contribution >= 4 is 38.4 Å². The van der Waals surface area contributed by atoms with Crippen molar-refractivity contribution in [3.05, 3.63) is 37.8 Å². The van der Waals surface area contributed by atoms with E-state index in [1.165, 1.54) is 0 Å². The van der Waals surface area contributed by atoms with Gasteiger partial charge in [-0.25, -0.2) is 4.98 Å². The largest absolute Gasteiger partial charge is 0.321 e. The third-order valence-electron chi connectivity index (χ3n) is 1.95. The molecule has 0 saturated heterocycles. The van der Waals surface area contributed by atoms with E-state index in [1.807, 2.05) is 20.8 Å². The molecule has 0 aromatic carbocycles. The number of fused-ring (bicyclic) bond motifs is 1. The highest BCUT2D eigenvalue weighted by atomic mass is 79.9. The molecule has 0 radical (unpaired) electrons. The minimum absolute atomic E-state index is 0.167. The second kappa shape index (κ2) is 5.46. The van der Waals surface area contributed by atoms with Gasteiger partial charge in [-0.2, -0.15) is 0 Å². The number of rotatable bonds is 0. The Morgan fingerprint density at radius 3 is 2.62 bits per heavy atom. The third-order valence-corrected chi connectivity index (χ3v) is 2.74. The average molecular weight is 304 g/mol. The fourth-order valence-corrected chi connectivity index (χ4v) is 1.87. The SMILES string of the molecule is CC.Cc1nc(Cl)cc2[nH]c(=O)c(Br)cc12. The van der Waals surface area contributed by atoms with Gasteiger partial charge in [0.2, 0.25) is 0 Å². The highest BCUT2D eigenvalue weighted by Gasteiger charge is 2.04. The van der Waals surface area contributed by atoms with Gasteiger partial charge in [-0.3, -0.25) is 4.79 Å². The normalized spacial score (nSPS) is 9.81. The van der Waals surface area contributed by atoms with E-state index in [1.54, 1.807) is 12.1 Å². The molecule has 86 valence electrons. The summed E-state index contributed by atoms with van der Waals surface area (Å²) in [4.78, 5) is 18.1. The molecular formula is C11H12BrClN2O. The topological polar surface area (TPSA) is 45.8 Å². The molecule has 2 rings (SSSR count). The number of nitrogens with one attached hydrogen (secondary N) is 1. The van der Waals surface area contributed by atoms with Crippen molar-refractivity contribution in [1.82, 2.24) is 9.97 Å². The zero-order valence-corrected chi connectivity index (χ0v) is 11.6. The molecule has 2 heterocycles. The Balaban J connectivity index is 0.000000606. The molecule has 0 unspecified atom stereocenters. The number of halogens is 2. The van der Waals surface area contributed by atoms with Crippen LogP contribution >= 0.6 is 27.5 Å². The molecule has 0 saturated carbocycles. The van der Waals surface area contributed by atoms with Crippen molar-refractivity contribution in [1.29, 1.82) is 0 Å². The standard InChI is InChI=1S/C9H6BrClN2O.C2H6/c1-4-5-2-6(10)9(14)13-7(5)3-8(11)12-4;1-2/h2-3H,1H3,(H,13,14);1-2H3. The van der Waals surface area contributed by atoms with E-state index >= 15 is 0 Å². The number of hydrogen-bond donors (Lipinski definition) is 1. The first-order valence-corrected chi connectivity index (χ1v) is 6.10. The zero-order valence-electron chi connectivity index (χ0n) is 9.27. The van der Waals surface area contributed by atoms with Crippen LogP contribution in [0.3, 0.4) is 0 Å². The van der Waals surface area contributed by atoms with Crippen LogP contribution in [0.15, 0.2) is 21.4 Å². The monoisotopic (exact) mass is 302 g/mol. The van der Waals surface area contributed by atoms with E-state index in [0.29, 0.717) is 15.1 Å². The Hall–Kier alpha value is -0.870. The van der Waals surface area contributed by atoms with Crippen LogP contribution in [-0.4, -0.2) is 9.97 Å². The molecule has 0 aliphatic rings. The number of nitrogens with zero attached hydrogens (tertiary/aromatic N) is 1. The molecule has 0 bridgehead atoms. The van der Waals surface area contributed by atoms with Gasteiger partial charge in [0.25, 0.3) is 5.56 Å². The Bertz CT molecular complexity index is 566. The Labute approximate surface area is 107 Å². The molecule has 3 nitrogen and oxygen atoms in total.